The van der Waals surface area contributed by atoms with E-state index in [9.17, 15) is 17.2 Å². The van der Waals surface area contributed by atoms with Crippen LogP contribution in [0.25, 0.3) is 22.0 Å². The molecule has 13 heteroatoms. The highest BCUT2D eigenvalue weighted by Crippen LogP contribution is 2.36. The quantitative estimate of drug-likeness (QED) is 0.390. The number of methoxy groups -OCH3 is 1. The molecule has 34 heavy (non-hydrogen) atoms. The summed E-state index contributed by atoms with van der Waals surface area (Å²) in [7, 11) is -3.42. The van der Waals surface area contributed by atoms with Crippen molar-refractivity contribution in [3.63, 3.8) is 0 Å². The predicted molar refractivity (Wildman–Crippen MR) is 116 cm³/mol. The van der Waals surface area contributed by atoms with E-state index in [1.165, 1.54) is 6.07 Å². The Labute approximate surface area is 190 Å². The highest BCUT2D eigenvalue weighted by Gasteiger charge is 2.26. The topological polar surface area (TPSA) is 120 Å². The van der Waals surface area contributed by atoms with Crippen molar-refractivity contribution in [2.24, 2.45) is 0 Å². The van der Waals surface area contributed by atoms with Crippen LogP contribution in [-0.4, -0.2) is 30.5 Å². The molecule has 0 amide bonds. The van der Waals surface area contributed by atoms with Gasteiger partial charge >= 0.3 is 0 Å². The van der Waals surface area contributed by atoms with Gasteiger partial charge in [-0.15, -0.1) is 0 Å². The number of hydrogen-bond acceptors (Lipinski definition) is 7. The average Bonchev–Trinajstić information content (AvgIpc) is 2.81. The largest absolute Gasteiger partial charge is 0.480 e. The second-order valence-corrected chi connectivity index (χ2v) is 8.61. The molecule has 2 aromatic heterocycles. The van der Waals surface area contributed by atoms with Crippen molar-refractivity contribution in [3.05, 3.63) is 65.7 Å². The van der Waals surface area contributed by atoms with Gasteiger partial charge in [-0.3, -0.25) is 4.72 Å². The summed E-state index contributed by atoms with van der Waals surface area (Å²) in [6.07, 6.45) is 2.14. The Morgan fingerprint density at radius 3 is 2.53 bits per heavy atom. The zero-order valence-electron chi connectivity index (χ0n) is 17.3. The zero-order chi connectivity index (χ0) is 24.6. The van der Waals surface area contributed by atoms with Gasteiger partial charge in [0.15, 0.2) is 5.82 Å². The summed E-state index contributed by atoms with van der Waals surface area (Å²) in [6, 6.07) is 4.94. The number of halogens is 4. The molecule has 0 radical (unpaired) electrons. The first-order valence-corrected chi connectivity index (χ1v) is 11.0. The van der Waals surface area contributed by atoms with Gasteiger partial charge in [0.05, 0.1) is 29.3 Å². The molecule has 0 saturated heterocycles. The number of benzene rings is 2. The van der Waals surface area contributed by atoms with Crippen LogP contribution in [0.2, 0.25) is 0 Å². The lowest BCUT2D eigenvalue weighted by molar-refractivity contribution is 0.383. The van der Waals surface area contributed by atoms with Gasteiger partial charge in [0.1, 0.15) is 23.2 Å². The molecule has 8 nitrogen and oxygen atoms in total. The number of hydrogen-bond donors (Lipinski definition) is 2. The standard InChI is InChI=1S/C21H15F4N5O3S/c1-33-20-16(6-10(7-22)8-27-20)34(31,32)30-15-5-3-13(23)17(19(15)25)11-2-4-14-12(18(11)24)9-28-21(26)29-14/h2-6,8-9,30H,7H2,1H3,(H2,26,28,29). The van der Waals surface area contributed by atoms with Crippen molar-refractivity contribution in [3.8, 4) is 17.0 Å². The van der Waals surface area contributed by atoms with E-state index in [4.69, 9.17) is 10.5 Å². The molecule has 0 atom stereocenters. The van der Waals surface area contributed by atoms with Crippen molar-refractivity contribution < 1.29 is 30.7 Å². The Kier molecular flexibility index (Phi) is 5.96. The molecule has 2 aromatic carbocycles. The fourth-order valence-electron chi connectivity index (χ4n) is 3.25. The van der Waals surface area contributed by atoms with Crippen LogP contribution < -0.4 is 15.2 Å². The molecule has 3 N–H and O–H groups in total. The molecular weight excluding hydrogens is 478 g/mol. The molecule has 0 aliphatic carbocycles. The van der Waals surface area contributed by atoms with Crippen molar-refractivity contribution in [2.45, 2.75) is 11.6 Å². The minimum absolute atomic E-state index is 0.0671. The smallest absolute Gasteiger partial charge is 0.267 e. The van der Waals surface area contributed by atoms with Gasteiger partial charge in [0.25, 0.3) is 10.0 Å². The van der Waals surface area contributed by atoms with Crippen molar-refractivity contribution in [1.82, 2.24) is 15.0 Å². The van der Waals surface area contributed by atoms with E-state index >= 15 is 8.78 Å². The monoisotopic (exact) mass is 493 g/mol. The molecule has 0 fully saturated rings. The number of aromatic nitrogens is 3. The van der Waals surface area contributed by atoms with Gasteiger partial charge in [-0.25, -0.2) is 40.9 Å². The molecule has 0 bridgehead atoms. The Morgan fingerprint density at radius 1 is 1.06 bits per heavy atom. The third-order valence-corrected chi connectivity index (χ3v) is 6.19. The number of nitrogens with one attached hydrogen (secondary N) is 1. The van der Waals surface area contributed by atoms with E-state index in [0.717, 1.165) is 43.8 Å². The lowest BCUT2D eigenvalue weighted by Gasteiger charge is -2.15. The van der Waals surface area contributed by atoms with Crippen molar-refractivity contribution >= 4 is 32.6 Å². The van der Waals surface area contributed by atoms with Crippen molar-refractivity contribution in [1.29, 1.82) is 0 Å². The van der Waals surface area contributed by atoms with Gasteiger partial charge < -0.3 is 10.5 Å². The first-order valence-electron chi connectivity index (χ1n) is 9.47. The number of sulfonamides is 1. The summed E-state index contributed by atoms with van der Waals surface area (Å²) in [4.78, 5) is 10.7. The normalized spacial score (nSPS) is 11.6. The van der Waals surface area contributed by atoms with Crippen LogP contribution in [0.4, 0.5) is 29.2 Å². The predicted octanol–water partition coefficient (Wildman–Crippen LogP) is 3.97. The summed E-state index contributed by atoms with van der Waals surface area (Å²) < 4.78 is 90.7. The number of alkyl halides is 1. The third kappa shape index (κ3) is 4.05. The van der Waals surface area contributed by atoms with Crippen LogP contribution >= 0.6 is 0 Å². The van der Waals surface area contributed by atoms with Crippen LogP contribution in [0.1, 0.15) is 5.56 Å². The van der Waals surface area contributed by atoms with Crippen molar-refractivity contribution in [2.75, 3.05) is 17.6 Å². The third-order valence-electron chi connectivity index (χ3n) is 4.83. The summed E-state index contributed by atoms with van der Waals surface area (Å²) in [6.45, 7) is -1.01. The first kappa shape index (κ1) is 23.2. The number of rotatable bonds is 6. The lowest BCUT2D eigenvalue weighted by Crippen LogP contribution is -2.16. The number of pyridine rings is 1. The van der Waals surface area contributed by atoms with Gasteiger partial charge in [-0.05, 0) is 30.3 Å². The van der Waals surface area contributed by atoms with Crippen LogP contribution in [0.15, 0.2) is 47.6 Å². The van der Waals surface area contributed by atoms with E-state index < -0.39 is 55.9 Å². The van der Waals surface area contributed by atoms with Crippen LogP contribution in [0.5, 0.6) is 5.88 Å². The Morgan fingerprint density at radius 2 is 1.82 bits per heavy atom. The van der Waals surface area contributed by atoms with Gasteiger partial charge in [0.2, 0.25) is 11.8 Å². The molecule has 4 rings (SSSR count). The minimum atomic E-state index is -4.57. The van der Waals surface area contributed by atoms with Gasteiger partial charge in [-0.2, -0.15) is 0 Å². The fraction of sp³-hybridized carbons (Fsp3) is 0.0952. The fourth-order valence-corrected chi connectivity index (χ4v) is 4.48. The molecule has 0 saturated carbocycles. The van der Waals surface area contributed by atoms with Crippen LogP contribution in [0, 0.1) is 17.5 Å². The Bertz CT molecular complexity index is 1530. The minimum Gasteiger partial charge on any atom is -0.480 e. The first-order chi connectivity index (χ1) is 16.2. The molecule has 176 valence electrons. The van der Waals surface area contributed by atoms with Crippen LogP contribution in [0.3, 0.4) is 0 Å². The summed E-state index contributed by atoms with van der Waals surface area (Å²) in [5.74, 6) is -4.04. The van der Waals surface area contributed by atoms with E-state index in [-0.39, 0.29) is 28.3 Å². The van der Waals surface area contributed by atoms with Gasteiger partial charge in [0, 0.05) is 23.5 Å². The maximum Gasteiger partial charge on any atom is 0.267 e. The molecular formula is C21H15F4N5O3S. The van der Waals surface area contributed by atoms with E-state index in [2.05, 4.69) is 15.0 Å². The molecule has 2 heterocycles. The Balaban J connectivity index is 1.83. The number of nitrogen functional groups attached to an aromatic ring is 1. The second kappa shape index (κ2) is 8.74. The number of anilines is 2. The Hall–Kier alpha value is -4.00. The molecule has 0 aliphatic heterocycles. The van der Waals surface area contributed by atoms with E-state index in [0.29, 0.717) is 0 Å². The molecule has 0 unspecified atom stereocenters. The number of fused-ring (bicyclic) bond motifs is 1. The summed E-state index contributed by atoms with van der Waals surface area (Å²) in [5.41, 5.74) is 3.52. The highest BCUT2D eigenvalue weighted by molar-refractivity contribution is 7.92. The molecule has 4 aromatic rings. The summed E-state index contributed by atoms with van der Waals surface area (Å²) >= 11 is 0. The number of nitrogens with two attached hydrogens (primary N) is 1. The number of nitrogens with zero attached hydrogens (tertiary/aromatic N) is 3. The number of ether oxygens (including phenoxy) is 1. The summed E-state index contributed by atoms with van der Waals surface area (Å²) in [5, 5.41) is -0.143. The van der Waals surface area contributed by atoms with E-state index in [1.807, 2.05) is 4.72 Å². The van der Waals surface area contributed by atoms with Crippen LogP contribution in [-0.2, 0) is 16.7 Å². The maximum atomic E-state index is 15.3. The molecule has 0 spiro atoms. The zero-order valence-corrected chi connectivity index (χ0v) is 18.1. The highest BCUT2D eigenvalue weighted by atomic mass is 32.2. The van der Waals surface area contributed by atoms with E-state index in [1.54, 1.807) is 0 Å². The van der Waals surface area contributed by atoms with Gasteiger partial charge in [-0.1, -0.05) is 0 Å². The molecule has 0 aliphatic rings. The lowest BCUT2D eigenvalue weighted by atomic mass is 10.0. The second-order valence-electron chi connectivity index (χ2n) is 6.96. The SMILES string of the molecule is COc1ncc(CF)cc1S(=O)(=O)Nc1ccc(F)c(-c2ccc3nc(N)ncc3c2F)c1F. The average molecular weight is 493 g/mol. The maximum absolute atomic E-state index is 15.3.